The molecule has 112 valence electrons. The fourth-order valence-electron chi connectivity index (χ4n) is 1.63. The third-order valence-electron chi connectivity index (χ3n) is 2.61. The molecule has 0 heterocycles. The molecule has 0 saturated carbocycles. The van der Waals surface area contributed by atoms with Crippen LogP contribution in [0, 0.1) is 17.6 Å². The molecule has 0 fully saturated rings. The monoisotopic (exact) mass is 370 g/mol. The normalized spacial score (nSPS) is 13.1. The van der Waals surface area contributed by atoms with Gasteiger partial charge in [0, 0.05) is 5.56 Å². The van der Waals surface area contributed by atoms with Gasteiger partial charge in [-0.1, -0.05) is 6.92 Å². The minimum Gasteiger partial charge on any atom is -0.469 e. The molecule has 0 aromatic heterocycles. The largest absolute Gasteiger partial charge is 0.469 e. The standard InChI is InChI=1S/C12H13BrF2O4S/c1-7(12(16)19-2)5-20(17,18)6-8-10(14)4-3-9(13)11(8)15/h3-4,7H,5-6H2,1-2H3. The van der Waals surface area contributed by atoms with E-state index < -0.39 is 50.4 Å². The number of esters is 1. The molecule has 8 heteroatoms. The van der Waals surface area contributed by atoms with Crippen LogP contribution in [-0.4, -0.2) is 27.2 Å². The van der Waals surface area contributed by atoms with Crippen molar-refractivity contribution in [3.8, 4) is 0 Å². The predicted octanol–water partition coefficient (Wildman–Crippen LogP) is 2.45. The molecule has 0 aliphatic carbocycles. The molecule has 0 radical (unpaired) electrons. The Kier molecular flexibility index (Phi) is 5.64. The number of sulfone groups is 1. The van der Waals surface area contributed by atoms with E-state index in [-0.39, 0.29) is 4.47 Å². The number of carbonyl (C=O) groups is 1. The van der Waals surface area contributed by atoms with E-state index in [9.17, 15) is 22.0 Å². The molecular formula is C12H13BrF2O4S. The van der Waals surface area contributed by atoms with Gasteiger partial charge in [0.05, 0.1) is 29.0 Å². The van der Waals surface area contributed by atoms with Gasteiger partial charge in [-0.15, -0.1) is 0 Å². The van der Waals surface area contributed by atoms with Gasteiger partial charge in [-0.05, 0) is 28.1 Å². The molecule has 0 spiro atoms. The van der Waals surface area contributed by atoms with Crippen LogP contribution in [0.25, 0.3) is 0 Å². The Balaban J connectivity index is 2.98. The van der Waals surface area contributed by atoms with E-state index in [2.05, 4.69) is 20.7 Å². The summed E-state index contributed by atoms with van der Waals surface area (Å²) in [6.45, 7) is 1.37. The maximum absolute atomic E-state index is 13.7. The van der Waals surface area contributed by atoms with Crippen molar-refractivity contribution in [3.05, 3.63) is 33.8 Å². The van der Waals surface area contributed by atoms with Crippen molar-refractivity contribution in [1.82, 2.24) is 0 Å². The van der Waals surface area contributed by atoms with E-state index in [1.165, 1.54) is 6.92 Å². The third-order valence-corrected chi connectivity index (χ3v) is 4.96. The van der Waals surface area contributed by atoms with Gasteiger partial charge in [0.1, 0.15) is 11.6 Å². The Bertz CT molecular complexity index is 616. The highest BCUT2D eigenvalue weighted by Crippen LogP contribution is 2.24. The van der Waals surface area contributed by atoms with Gasteiger partial charge in [-0.3, -0.25) is 4.79 Å². The zero-order valence-corrected chi connectivity index (χ0v) is 13.2. The second-order valence-corrected chi connectivity index (χ2v) is 7.26. The number of carbonyl (C=O) groups excluding carboxylic acids is 1. The summed E-state index contributed by atoms with van der Waals surface area (Å²) in [4.78, 5) is 11.2. The van der Waals surface area contributed by atoms with Crippen LogP contribution in [0.15, 0.2) is 16.6 Å². The van der Waals surface area contributed by atoms with Crippen LogP contribution in [0.1, 0.15) is 12.5 Å². The summed E-state index contributed by atoms with van der Waals surface area (Å²) >= 11 is 2.86. The van der Waals surface area contributed by atoms with Crippen molar-refractivity contribution in [2.45, 2.75) is 12.7 Å². The van der Waals surface area contributed by atoms with Crippen LogP contribution in [0.2, 0.25) is 0 Å². The van der Waals surface area contributed by atoms with E-state index >= 15 is 0 Å². The Morgan fingerprint density at radius 1 is 1.40 bits per heavy atom. The molecule has 0 saturated heterocycles. The number of benzene rings is 1. The Hall–Kier alpha value is -1.02. The Labute approximate surface area is 124 Å². The van der Waals surface area contributed by atoms with Crippen LogP contribution in [-0.2, 0) is 25.1 Å². The second-order valence-electron chi connectivity index (χ2n) is 4.30. The summed E-state index contributed by atoms with van der Waals surface area (Å²) in [7, 11) is -2.71. The van der Waals surface area contributed by atoms with Crippen molar-refractivity contribution in [2.24, 2.45) is 5.92 Å². The van der Waals surface area contributed by atoms with Gasteiger partial charge in [0.25, 0.3) is 0 Å². The van der Waals surface area contributed by atoms with Crippen LogP contribution in [0.4, 0.5) is 8.78 Å². The molecule has 1 aromatic carbocycles. The summed E-state index contributed by atoms with van der Waals surface area (Å²) in [5.74, 6) is -4.84. The molecule has 4 nitrogen and oxygen atoms in total. The van der Waals surface area contributed by atoms with E-state index in [4.69, 9.17) is 0 Å². The lowest BCUT2D eigenvalue weighted by atomic mass is 10.2. The van der Waals surface area contributed by atoms with Crippen LogP contribution in [0.5, 0.6) is 0 Å². The van der Waals surface area contributed by atoms with Gasteiger partial charge in [-0.25, -0.2) is 17.2 Å². The summed E-state index contributed by atoms with van der Waals surface area (Å²) in [6, 6.07) is 2.12. The van der Waals surface area contributed by atoms with E-state index in [0.29, 0.717) is 0 Å². The average molecular weight is 371 g/mol. The van der Waals surface area contributed by atoms with E-state index in [0.717, 1.165) is 19.2 Å². The maximum atomic E-state index is 13.7. The quantitative estimate of drug-likeness (QED) is 0.589. The molecule has 0 aliphatic rings. The van der Waals surface area contributed by atoms with Crippen molar-refractivity contribution >= 4 is 31.7 Å². The first-order chi connectivity index (χ1) is 9.18. The van der Waals surface area contributed by atoms with Crippen LogP contribution in [0.3, 0.4) is 0 Å². The number of methoxy groups -OCH3 is 1. The summed E-state index contributed by atoms with van der Waals surface area (Å²) in [5, 5.41) is 0. The predicted molar refractivity (Wildman–Crippen MR) is 72.7 cm³/mol. The minimum absolute atomic E-state index is 0.0230. The highest BCUT2D eigenvalue weighted by atomic mass is 79.9. The fraction of sp³-hybridized carbons (Fsp3) is 0.417. The fourth-order valence-corrected chi connectivity index (χ4v) is 3.72. The van der Waals surface area contributed by atoms with Crippen molar-refractivity contribution < 1.29 is 26.7 Å². The van der Waals surface area contributed by atoms with Crippen LogP contribution >= 0.6 is 15.9 Å². The zero-order valence-electron chi connectivity index (χ0n) is 10.8. The SMILES string of the molecule is COC(=O)C(C)CS(=O)(=O)Cc1c(F)ccc(Br)c1F. The lowest BCUT2D eigenvalue weighted by Gasteiger charge is -2.11. The molecule has 1 rings (SSSR count). The summed E-state index contributed by atoms with van der Waals surface area (Å²) < 4.78 is 55.4. The molecule has 0 N–H and O–H groups in total. The second kappa shape index (κ2) is 6.62. The molecule has 1 aromatic rings. The number of halogens is 3. The lowest BCUT2D eigenvalue weighted by molar-refractivity contribution is -0.144. The number of hydrogen-bond acceptors (Lipinski definition) is 4. The van der Waals surface area contributed by atoms with Crippen molar-refractivity contribution in [2.75, 3.05) is 12.9 Å². The highest BCUT2D eigenvalue weighted by molar-refractivity contribution is 9.10. The van der Waals surface area contributed by atoms with Crippen LogP contribution < -0.4 is 0 Å². The number of rotatable bonds is 5. The minimum atomic E-state index is -3.85. The molecule has 1 atom stereocenters. The smallest absolute Gasteiger partial charge is 0.309 e. The molecule has 0 amide bonds. The molecule has 0 aliphatic heterocycles. The average Bonchev–Trinajstić information content (AvgIpc) is 2.37. The lowest BCUT2D eigenvalue weighted by Crippen LogP contribution is -2.24. The number of ether oxygens (including phenoxy) is 1. The first-order valence-corrected chi connectivity index (χ1v) is 8.20. The zero-order chi connectivity index (χ0) is 15.5. The van der Waals surface area contributed by atoms with Crippen molar-refractivity contribution in [3.63, 3.8) is 0 Å². The molecule has 1 unspecified atom stereocenters. The van der Waals surface area contributed by atoms with Gasteiger partial charge < -0.3 is 4.74 Å². The Morgan fingerprint density at radius 3 is 2.55 bits per heavy atom. The third kappa shape index (κ3) is 4.24. The first kappa shape index (κ1) is 17.0. The first-order valence-electron chi connectivity index (χ1n) is 5.58. The molecule has 20 heavy (non-hydrogen) atoms. The summed E-state index contributed by atoms with van der Waals surface area (Å²) in [6.07, 6.45) is 0. The van der Waals surface area contributed by atoms with Gasteiger partial charge in [0.15, 0.2) is 9.84 Å². The molecule has 0 bridgehead atoms. The maximum Gasteiger partial charge on any atom is 0.309 e. The van der Waals surface area contributed by atoms with Crippen molar-refractivity contribution in [1.29, 1.82) is 0 Å². The van der Waals surface area contributed by atoms with Gasteiger partial charge >= 0.3 is 5.97 Å². The molecular weight excluding hydrogens is 358 g/mol. The highest BCUT2D eigenvalue weighted by Gasteiger charge is 2.25. The number of hydrogen-bond donors (Lipinski definition) is 0. The Morgan fingerprint density at radius 2 is 2.00 bits per heavy atom. The topological polar surface area (TPSA) is 60.4 Å². The summed E-state index contributed by atoms with van der Waals surface area (Å²) in [5.41, 5.74) is -0.545. The van der Waals surface area contributed by atoms with Gasteiger partial charge in [-0.2, -0.15) is 0 Å². The van der Waals surface area contributed by atoms with Gasteiger partial charge in [0.2, 0.25) is 0 Å². The van der Waals surface area contributed by atoms with E-state index in [1.54, 1.807) is 0 Å². The van der Waals surface area contributed by atoms with E-state index in [1.807, 2.05) is 0 Å².